The van der Waals surface area contributed by atoms with E-state index in [0.717, 1.165) is 4.88 Å². The molecule has 0 aliphatic heterocycles. The predicted octanol–water partition coefficient (Wildman–Crippen LogP) is 4.64. The summed E-state index contributed by atoms with van der Waals surface area (Å²) in [7, 11) is 3.17. The SMILES string of the molecule is COCCn1c(-c2cccs2)c(C(=O)Nc2cccc(OC)c2)c2ccccc2c1=O. The summed E-state index contributed by atoms with van der Waals surface area (Å²) < 4.78 is 12.1. The molecule has 0 aliphatic carbocycles. The molecule has 0 fully saturated rings. The quantitative estimate of drug-likeness (QED) is 0.460. The molecule has 0 saturated carbocycles. The van der Waals surface area contributed by atoms with Crippen LogP contribution in [0.1, 0.15) is 10.4 Å². The molecule has 2 aromatic carbocycles. The van der Waals surface area contributed by atoms with Crippen LogP contribution >= 0.6 is 11.3 Å². The Hall–Kier alpha value is -3.42. The number of rotatable bonds is 7. The lowest BCUT2D eigenvalue weighted by atomic mass is 10.0. The Bertz CT molecular complexity index is 1280. The predicted molar refractivity (Wildman–Crippen MR) is 124 cm³/mol. The van der Waals surface area contributed by atoms with Crippen LogP contribution in [0.25, 0.3) is 21.3 Å². The first-order chi connectivity index (χ1) is 15.1. The number of fused-ring (bicyclic) bond motifs is 1. The summed E-state index contributed by atoms with van der Waals surface area (Å²) in [5.41, 5.74) is 1.52. The number of ether oxygens (including phenoxy) is 2. The van der Waals surface area contributed by atoms with Crippen molar-refractivity contribution in [2.24, 2.45) is 0 Å². The summed E-state index contributed by atoms with van der Waals surface area (Å²) in [5.74, 6) is 0.352. The highest BCUT2D eigenvalue weighted by atomic mass is 32.1. The number of aromatic nitrogens is 1. The fourth-order valence-corrected chi connectivity index (χ4v) is 4.37. The number of pyridine rings is 1. The van der Waals surface area contributed by atoms with Crippen LogP contribution < -0.4 is 15.6 Å². The topological polar surface area (TPSA) is 69.6 Å². The molecule has 1 N–H and O–H groups in total. The molecule has 0 aliphatic rings. The van der Waals surface area contributed by atoms with Gasteiger partial charge >= 0.3 is 0 Å². The van der Waals surface area contributed by atoms with Gasteiger partial charge < -0.3 is 19.4 Å². The zero-order chi connectivity index (χ0) is 21.8. The van der Waals surface area contributed by atoms with Crippen molar-refractivity contribution < 1.29 is 14.3 Å². The molecule has 4 rings (SSSR count). The van der Waals surface area contributed by atoms with Crippen LogP contribution in [0.3, 0.4) is 0 Å². The Balaban J connectivity index is 1.95. The number of nitrogens with one attached hydrogen (secondary N) is 1. The van der Waals surface area contributed by atoms with Gasteiger partial charge in [0.15, 0.2) is 0 Å². The normalized spacial score (nSPS) is 10.9. The second-order valence-corrected chi connectivity index (χ2v) is 7.83. The monoisotopic (exact) mass is 434 g/mol. The van der Waals surface area contributed by atoms with Crippen molar-refractivity contribution in [2.75, 3.05) is 26.1 Å². The van der Waals surface area contributed by atoms with Gasteiger partial charge in [0.05, 0.1) is 29.9 Å². The molecule has 7 heteroatoms. The van der Waals surface area contributed by atoms with E-state index in [-0.39, 0.29) is 11.5 Å². The number of thiophene rings is 1. The van der Waals surface area contributed by atoms with Gasteiger partial charge in [0, 0.05) is 36.2 Å². The third kappa shape index (κ3) is 4.10. The first-order valence-corrected chi connectivity index (χ1v) is 10.7. The van der Waals surface area contributed by atoms with E-state index >= 15 is 0 Å². The van der Waals surface area contributed by atoms with Gasteiger partial charge in [-0.25, -0.2) is 0 Å². The van der Waals surface area contributed by atoms with E-state index < -0.39 is 0 Å². The molecule has 1 amide bonds. The lowest BCUT2D eigenvalue weighted by molar-refractivity contribution is 0.102. The lowest BCUT2D eigenvalue weighted by Gasteiger charge is -2.19. The van der Waals surface area contributed by atoms with Gasteiger partial charge in [-0.3, -0.25) is 9.59 Å². The van der Waals surface area contributed by atoms with Gasteiger partial charge in [0.2, 0.25) is 0 Å². The Kier molecular flexibility index (Phi) is 6.16. The molecule has 158 valence electrons. The second kappa shape index (κ2) is 9.16. The number of carbonyl (C=O) groups is 1. The number of benzene rings is 2. The Morgan fingerprint density at radius 3 is 2.55 bits per heavy atom. The van der Waals surface area contributed by atoms with Crippen LogP contribution in [-0.4, -0.2) is 31.3 Å². The van der Waals surface area contributed by atoms with E-state index in [4.69, 9.17) is 9.47 Å². The Morgan fingerprint density at radius 2 is 1.84 bits per heavy atom. The lowest BCUT2D eigenvalue weighted by Crippen LogP contribution is -2.28. The Morgan fingerprint density at radius 1 is 1.03 bits per heavy atom. The van der Waals surface area contributed by atoms with Crippen LogP contribution in [-0.2, 0) is 11.3 Å². The average molecular weight is 435 g/mol. The summed E-state index contributed by atoms with van der Waals surface area (Å²) in [4.78, 5) is 27.8. The van der Waals surface area contributed by atoms with Crippen LogP contribution in [0.5, 0.6) is 5.75 Å². The summed E-state index contributed by atoms with van der Waals surface area (Å²) in [6.07, 6.45) is 0. The maximum atomic E-state index is 13.6. The number of anilines is 1. The molecule has 2 heterocycles. The van der Waals surface area contributed by atoms with Crippen molar-refractivity contribution in [3.05, 3.63) is 82.0 Å². The van der Waals surface area contributed by atoms with Crippen LogP contribution in [0, 0.1) is 0 Å². The fourth-order valence-electron chi connectivity index (χ4n) is 3.59. The zero-order valence-electron chi connectivity index (χ0n) is 17.3. The average Bonchev–Trinajstić information content (AvgIpc) is 3.33. The first-order valence-electron chi connectivity index (χ1n) is 9.77. The summed E-state index contributed by atoms with van der Waals surface area (Å²) in [6.45, 7) is 0.695. The van der Waals surface area contributed by atoms with E-state index in [1.54, 1.807) is 43.1 Å². The van der Waals surface area contributed by atoms with E-state index in [2.05, 4.69) is 5.32 Å². The molecule has 0 unspecified atom stereocenters. The van der Waals surface area contributed by atoms with Crippen LogP contribution in [0.2, 0.25) is 0 Å². The van der Waals surface area contributed by atoms with Crippen molar-refractivity contribution in [1.29, 1.82) is 0 Å². The largest absolute Gasteiger partial charge is 0.497 e. The summed E-state index contributed by atoms with van der Waals surface area (Å²) in [6, 6.07) is 18.2. The number of hydrogen-bond acceptors (Lipinski definition) is 5. The van der Waals surface area contributed by atoms with Crippen molar-refractivity contribution in [1.82, 2.24) is 4.57 Å². The highest BCUT2D eigenvalue weighted by Crippen LogP contribution is 2.32. The zero-order valence-corrected chi connectivity index (χ0v) is 18.1. The van der Waals surface area contributed by atoms with Gasteiger partial charge in [-0.1, -0.05) is 30.3 Å². The van der Waals surface area contributed by atoms with Gasteiger partial charge in [0.1, 0.15) is 5.75 Å². The summed E-state index contributed by atoms with van der Waals surface area (Å²) >= 11 is 1.48. The van der Waals surface area contributed by atoms with Gasteiger partial charge in [0.25, 0.3) is 11.5 Å². The highest BCUT2D eigenvalue weighted by molar-refractivity contribution is 7.13. The number of methoxy groups -OCH3 is 2. The van der Waals surface area contributed by atoms with Gasteiger partial charge in [-0.05, 0) is 29.6 Å². The standard InChI is InChI=1S/C24H22N2O4S/c1-29-13-12-26-22(20-11-6-14-31-20)21(18-9-3-4-10-19(18)24(26)28)23(27)25-16-7-5-8-17(15-16)30-2/h3-11,14-15H,12-13H2,1-2H3,(H,25,27). The minimum Gasteiger partial charge on any atom is -0.497 e. The van der Waals surface area contributed by atoms with Crippen molar-refractivity contribution in [2.45, 2.75) is 6.54 Å². The first kappa shape index (κ1) is 20.8. The fraction of sp³-hybridized carbons (Fsp3) is 0.167. The van der Waals surface area contributed by atoms with Gasteiger partial charge in [-0.2, -0.15) is 0 Å². The van der Waals surface area contributed by atoms with E-state index in [1.165, 1.54) is 11.3 Å². The molecule has 31 heavy (non-hydrogen) atoms. The Labute approximate surface area is 183 Å². The molecule has 0 atom stereocenters. The maximum Gasteiger partial charge on any atom is 0.259 e. The molecular formula is C24H22N2O4S. The molecule has 6 nitrogen and oxygen atoms in total. The molecule has 0 saturated heterocycles. The van der Waals surface area contributed by atoms with E-state index in [9.17, 15) is 9.59 Å². The van der Waals surface area contributed by atoms with E-state index in [0.29, 0.717) is 46.6 Å². The molecule has 2 aromatic heterocycles. The van der Waals surface area contributed by atoms with Crippen LogP contribution in [0.4, 0.5) is 5.69 Å². The van der Waals surface area contributed by atoms with Gasteiger partial charge in [-0.15, -0.1) is 11.3 Å². The number of hydrogen-bond donors (Lipinski definition) is 1. The maximum absolute atomic E-state index is 13.6. The number of nitrogens with zero attached hydrogens (tertiary/aromatic N) is 1. The number of amides is 1. The highest BCUT2D eigenvalue weighted by Gasteiger charge is 2.23. The van der Waals surface area contributed by atoms with Crippen molar-refractivity contribution in [3.63, 3.8) is 0 Å². The third-order valence-electron chi connectivity index (χ3n) is 5.01. The molecule has 0 radical (unpaired) electrons. The second-order valence-electron chi connectivity index (χ2n) is 6.88. The molecular weight excluding hydrogens is 412 g/mol. The smallest absolute Gasteiger partial charge is 0.259 e. The minimum absolute atomic E-state index is 0.144. The molecule has 0 spiro atoms. The molecule has 0 bridgehead atoms. The third-order valence-corrected chi connectivity index (χ3v) is 5.88. The van der Waals surface area contributed by atoms with Crippen molar-refractivity contribution >= 4 is 33.7 Å². The minimum atomic E-state index is -0.293. The summed E-state index contributed by atoms with van der Waals surface area (Å²) in [5, 5.41) is 6.01. The van der Waals surface area contributed by atoms with Crippen molar-refractivity contribution in [3.8, 4) is 16.3 Å². The number of carbonyl (C=O) groups excluding carboxylic acids is 1. The molecule has 4 aromatic rings. The van der Waals surface area contributed by atoms with Crippen LogP contribution in [0.15, 0.2) is 70.8 Å². The van der Waals surface area contributed by atoms with E-state index in [1.807, 2.05) is 41.8 Å².